The van der Waals surface area contributed by atoms with Gasteiger partial charge in [0.15, 0.2) is 11.5 Å². The highest BCUT2D eigenvalue weighted by Crippen LogP contribution is 2.46. The van der Waals surface area contributed by atoms with Gasteiger partial charge in [-0.3, -0.25) is 47.0 Å². The summed E-state index contributed by atoms with van der Waals surface area (Å²) < 4.78 is 16.4. The van der Waals surface area contributed by atoms with Crippen LogP contribution >= 0.6 is 0 Å². The van der Waals surface area contributed by atoms with Gasteiger partial charge in [-0.25, -0.2) is 0 Å². The number of benzene rings is 3. The molecule has 3 aromatic carbocycles. The van der Waals surface area contributed by atoms with E-state index in [1.165, 1.54) is 46.0 Å². The van der Waals surface area contributed by atoms with Crippen molar-refractivity contribution in [3.8, 4) is 11.5 Å². The van der Waals surface area contributed by atoms with E-state index in [1.807, 2.05) is 0 Å². The Morgan fingerprint density at radius 3 is 0.810 bits per heavy atom. The Labute approximate surface area is 237 Å². The van der Waals surface area contributed by atoms with Crippen LogP contribution in [0.3, 0.4) is 0 Å². The van der Waals surface area contributed by atoms with Crippen molar-refractivity contribution in [3.05, 3.63) is 48.5 Å². The average Bonchev–Trinajstić information content (AvgIpc) is 2.90. The van der Waals surface area contributed by atoms with Gasteiger partial charge in [-0.2, -0.15) is 0 Å². The molecule has 0 spiro atoms. The van der Waals surface area contributed by atoms with E-state index in [4.69, 9.17) is 9.47 Å². The molecule has 0 bridgehead atoms. The molecule has 0 atom stereocenters. The predicted molar refractivity (Wildman–Crippen MR) is 154 cm³/mol. The molecule has 0 amide bonds. The summed E-state index contributed by atoms with van der Waals surface area (Å²) in [6.45, 7) is 7.35. The first-order valence-electron chi connectivity index (χ1n) is 12.9. The number of nitrogens with zero attached hydrogens (tertiary/aromatic N) is 4. The van der Waals surface area contributed by atoms with Crippen molar-refractivity contribution >= 4 is 79.7 Å². The number of para-hydroxylation sites is 4. The maximum atomic E-state index is 13.4. The number of hydrogen-bond donors (Lipinski definition) is 0. The Bertz CT molecular complexity index is 1840. The number of aromatic nitrogens is 4. The van der Waals surface area contributed by atoms with Crippen LogP contribution in [0.5, 0.6) is 11.5 Å². The first kappa shape index (κ1) is 28.0. The molecule has 12 heteroatoms. The fourth-order valence-corrected chi connectivity index (χ4v) is 5.44. The highest BCUT2D eigenvalue weighted by molar-refractivity contribution is 6.19. The van der Waals surface area contributed by atoms with Gasteiger partial charge >= 0.3 is 11.9 Å². The third-order valence-electron chi connectivity index (χ3n) is 6.68. The fourth-order valence-electron chi connectivity index (χ4n) is 5.44. The standard InChI is InChI=1S/C30H26N4O8/c1-15(35)31-21-11-7-8-12-22(21)32(16(2)36)26-25(31)29(41-19(5)39)27-28(30(26)42-20(6)40)34(18(4)38)24-14-10-9-13-23(24)33(27)17(3)37/h7-14H,1-6H3. The number of fused-ring (bicyclic) bond motifs is 4. The van der Waals surface area contributed by atoms with Crippen LogP contribution in [0.1, 0.15) is 60.7 Å². The SMILES string of the molecule is CC(=O)Oc1c2c(c(OC(C)=O)c3c1n(C(C)=O)c1ccccc1n3C(C)=O)n(C(C)=O)c1ccccc1n2C(C)=O. The molecule has 0 saturated heterocycles. The predicted octanol–water partition coefficient (Wildman–Crippen LogP) is 5.12. The molecule has 0 aliphatic rings. The molecule has 2 heterocycles. The van der Waals surface area contributed by atoms with Gasteiger partial charge in [0.25, 0.3) is 0 Å². The highest BCUT2D eigenvalue weighted by Gasteiger charge is 2.32. The molecule has 5 rings (SSSR count). The molecule has 0 aliphatic heterocycles. The van der Waals surface area contributed by atoms with E-state index in [-0.39, 0.29) is 55.6 Å². The molecule has 12 nitrogen and oxygen atoms in total. The van der Waals surface area contributed by atoms with Crippen molar-refractivity contribution in [2.24, 2.45) is 0 Å². The zero-order valence-corrected chi connectivity index (χ0v) is 23.7. The molecule has 5 aromatic rings. The topological polar surface area (TPSA) is 141 Å². The second-order valence-electron chi connectivity index (χ2n) is 9.64. The van der Waals surface area contributed by atoms with Gasteiger partial charge in [0.05, 0.1) is 22.1 Å². The summed E-state index contributed by atoms with van der Waals surface area (Å²) in [5, 5.41) is 0. The lowest BCUT2D eigenvalue weighted by molar-refractivity contribution is -0.132. The number of carbonyl (C=O) groups is 6. The second-order valence-corrected chi connectivity index (χ2v) is 9.64. The summed E-state index contributed by atoms with van der Waals surface area (Å²) in [7, 11) is 0. The lowest BCUT2D eigenvalue weighted by Gasteiger charge is -2.26. The molecule has 214 valence electrons. The summed E-state index contributed by atoms with van der Waals surface area (Å²) in [6, 6.07) is 13.0. The minimum absolute atomic E-state index is 0.129. The number of rotatable bonds is 2. The minimum Gasteiger partial charge on any atom is -0.422 e. The minimum atomic E-state index is -0.812. The first-order chi connectivity index (χ1) is 19.9. The van der Waals surface area contributed by atoms with Crippen LogP contribution in [0, 0.1) is 0 Å². The van der Waals surface area contributed by atoms with Crippen molar-refractivity contribution < 1.29 is 38.2 Å². The Balaban J connectivity index is 2.40. The lowest BCUT2D eigenvalue weighted by atomic mass is 10.1. The molecule has 0 aliphatic carbocycles. The van der Waals surface area contributed by atoms with Gasteiger partial charge in [0.2, 0.25) is 23.6 Å². The van der Waals surface area contributed by atoms with Gasteiger partial charge in [-0.1, -0.05) is 24.3 Å². The largest absolute Gasteiger partial charge is 0.422 e. The molecule has 0 fully saturated rings. The molecule has 0 saturated carbocycles. The molecular formula is C30H26N4O8. The summed E-state index contributed by atoms with van der Waals surface area (Å²) in [5.41, 5.74) is 0.554. The normalized spacial score (nSPS) is 11.2. The van der Waals surface area contributed by atoms with Crippen molar-refractivity contribution in [1.29, 1.82) is 0 Å². The van der Waals surface area contributed by atoms with Gasteiger partial charge in [-0.15, -0.1) is 0 Å². The fraction of sp³-hybridized carbons (Fsp3) is 0.200. The van der Waals surface area contributed by atoms with Crippen molar-refractivity contribution in [3.63, 3.8) is 0 Å². The number of esters is 2. The number of carbonyl (C=O) groups excluding carboxylic acids is 6. The van der Waals surface area contributed by atoms with E-state index < -0.39 is 35.6 Å². The average molecular weight is 571 g/mol. The van der Waals surface area contributed by atoms with Crippen molar-refractivity contribution in [2.75, 3.05) is 0 Å². The Morgan fingerprint density at radius 2 is 0.643 bits per heavy atom. The van der Waals surface area contributed by atoms with Crippen LogP contribution in [-0.2, 0) is 9.59 Å². The summed E-state index contributed by atoms with van der Waals surface area (Å²) in [5.74, 6) is -4.37. The maximum absolute atomic E-state index is 13.4. The molecule has 0 radical (unpaired) electrons. The quantitative estimate of drug-likeness (QED) is 0.162. The zero-order valence-electron chi connectivity index (χ0n) is 23.7. The van der Waals surface area contributed by atoms with Crippen LogP contribution in [0.15, 0.2) is 48.5 Å². The van der Waals surface area contributed by atoms with Crippen LogP contribution in [0.2, 0.25) is 0 Å². The maximum Gasteiger partial charge on any atom is 0.308 e. The van der Waals surface area contributed by atoms with Crippen LogP contribution in [-0.4, -0.2) is 53.8 Å². The Morgan fingerprint density at radius 1 is 0.429 bits per heavy atom. The third-order valence-corrected chi connectivity index (χ3v) is 6.68. The summed E-state index contributed by atoms with van der Waals surface area (Å²) >= 11 is 0. The lowest BCUT2D eigenvalue weighted by Crippen LogP contribution is -2.24. The van der Waals surface area contributed by atoms with Gasteiger partial charge in [0, 0.05) is 41.5 Å². The van der Waals surface area contributed by atoms with E-state index in [1.54, 1.807) is 48.5 Å². The van der Waals surface area contributed by atoms with E-state index in [0.29, 0.717) is 0 Å². The van der Waals surface area contributed by atoms with Crippen LogP contribution < -0.4 is 9.47 Å². The first-order valence-corrected chi connectivity index (χ1v) is 12.9. The molecule has 0 unspecified atom stereocenters. The van der Waals surface area contributed by atoms with E-state index in [2.05, 4.69) is 0 Å². The van der Waals surface area contributed by atoms with Crippen LogP contribution in [0.4, 0.5) is 0 Å². The summed E-state index contributed by atoms with van der Waals surface area (Å²) in [4.78, 5) is 78.7. The van der Waals surface area contributed by atoms with Gasteiger partial charge < -0.3 is 9.47 Å². The Kier molecular flexibility index (Phi) is 6.77. The molecule has 42 heavy (non-hydrogen) atoms. The summed E-state index contributed by atoms with van der Waals surface area (Å²) in [6.07, 6.45) is 0. The van der Waals surface area contributed by atoms with E-state index >= 15 is 0 Å². The van der Waals surface area contributed by atoms with E-state index in [0.717, 1.165) is 13.8 Å². The van der Waals surface area contributed by atoms with Gasteiger partial charge in [0.1, 0.15) is 22.1 Å². The molecular weight excluding hydrogens is 544 g/mol. The molecule has 2 aromatic heterocycles. The van der Waals surface area contributed by atoms with Crippen LogP contribution in [0.25, 0.3) is 44.1 Å². The third kappa shape index (κ3) is 4.15. The van der Waals surface area contributed by atoms with Crippen molar-refractivity contribution in [2.45, 2.75) is 41.5 Å². The number of ether oxygens (including phenoxy) is 2. The zero-order chi connectivity index (χ0) is 30.6. The van der Waals surface area contributed by atoms with E-state index in [9.17, 15) is 28.8 Å². The van der Waals surface area contributed by atoms with Crippen molar-refractivity contribution in [1.82, 2.24) is 18.3 Å². The van der Waals surface area contributed by atoms with Gasteiger partial charge in [-0.05, 0) is 24.3 Å². The highest BCUT2D eigenvalue weighted by atomic mass is 16.5. The molecule has 0 N–H and O–H groups in total. The Hall–Kier alpha value is -5.52. The second kappa shape index (κ2) is 10.1. The smallest absolute Gasteiger partial charge is 0.308 e. The monoisotopic (exact) mass is 570 g/mol. The number of hydrogen-bond acceptors (Lipinski definition) is 8.